The molecule has 0 fully saturated rings. The Labute approximate surface area is 141 Å². The van der Waals surface area contributed by atoms with Crippen molar-refractivity contribution in [3.8, 4) is 0 Å². The second-order valence-electron chi connectivity index (χ2n) is 4.74. The molecule has 0 saturated carbocycles. The largest absolute Gasteiger partial charge is 0.394 e. The van der Waals surface area contributed by atoms with E-state index in [0.29, 0.717) is 23.7 Å². The lowest BCUT2D eigenvalue weighted by atomic mass is 10.1. The van der Waals surface area contributed by atoms with E-state index in [1.54, 1.807) is 16.7 Å². The zero-order chi connectivity index (χ0) is 15.7. The van der Waals surface area contributed by atoms with E-state index in [-0.39, 0.29) is 18.6 Å². The zero-order valence-electron chi connectivity index (χ0n) is 12.2. The molecule has 0 radical (unpaired) electrons. The third-order valence-electron chi connectivity index (χ3n) is 3.19. The van der Waals surface area contributed by atoms with Crippen LogP contribution in [0.5, 0.6) is 0 Å². The van der Waals surface area contributed by atoms with Gasteiger partial charge in [0.05, 0.1) is 12.6 Å². The van der Waals surface area contributed by atoms with Crippen molar-refractivity contribution in [3.63, 3.8) is 0 Å². The molecule has 118 valence electrons. The molecule has 0 aliphatic carbocycles. The fourth-order valence-corrected chi connectivity index (χ4v) is 3.00. The van der Waals surface area contributed by atoms with Gasteiger partial charge in [0.1, 0.15) is 0 Å². The third kappa shape index (κ3) is 6.51. The van der Waals surface area contributed by atoms with E-state index in [2.05, 4.69) is 12.6 Å². The molecule has 0 saturated heterocycles. The quantitative estimate of drug-likeness (QED) is 0.674. The molecule has 0 aromatic heterocycles. The van der Waals surface area contributed by atoms with Gasteiger partial charge in [0.15, 0.2) is 0 Å². The minimum absolute atomic E-state index is 0.0186. The van der Waals surface area contributed by atoms with Gasteiger partial charge in [-0.15, -0.1) is 0 Å². The van der Waals surface area contributed by atoms with Gasteiger partial charge in [0.25, 0.3) is 0 Å². The first-order chi connectivity index (χ1) is 10.1. The molecular formula is C15H22ClNO2S2. The van der Waals surface area contributed by atoms with Gasteiger partial charge in [-0.05, 0) is 41.9 Å². The number of thiol groups is 1. The van der Waals surface area contributed by atoms with Crippen molar-refractivity contribution in [2.24, 2.45) is 0 Å². The molecule has 3 nitrogen and oxygen atoms in total. The van der Waals surface area contributed by atoms with Crippen LogP contribution in [0.3, 0.4) is 0 Å². The second-order valence-corrected chi connectivity index (χ2v) is 6.61. The van der Waals surface area contributed by atoms with Crippen molar-refractivity contribution in [2.75, 3.05) is 24.4 Å². The number of rotatable bonds is 9. The highest BCUT2D eigenvalue weighted by molar-refractivity contribution is 7.98. The maximum absolute atomic E-state index is 12.3. The van der Waals surface area contributed by atoms with Gasteiger partial charge >= 0.3 is 0 Å². The van der Waals surface area contributed by atoms with E-state index < -0.39 is 0 Å². The molecule has 1 amide bonds. The predicted octanol–water partition coefficient (Wildman–Crippen LogP) is 3.10. The number of amides is 1. The first-order valence-corrected chi connectivity index (χ1v) is 9.27. The summed E-state index contributed by atoms with van der Waals surface area (Å²) in [4.78, 5) is 14.1. The Morgan fingerprint density at radius 1 is 1.52 bits per heavy atom. The number of hydrogen-bond acceptors (Lipinski definition) is 4. The summed E-state index contributed by atoms with van der Waals surface area (Å²) in [6.45, 7) is 0.437. The maximum Gasteiger partial charge on any atom is 0.224 e. The smallest absolute Gasteiger partial charge is 0.224 e. The summed E-state index contributed by atoms with van der Waals surface area (Å²) in [5.41, 5.74) is 0.970. The number of benzene rings is 1. The van der Waals surface area contributed by atoms with E-state index in [1.165, 1.54) is 0 Å². The third-order valence-corrected chi connectivity index (χ3v) is 4.30. The van der Waals surface area contributed by atoms with E-state index in [9.17, 15) is 9.90 Å². The van der Waals surface area contributed by atoms with Crippen LogP contribution in [-0.2, 0) is 11.3 Å². The van der Waals surface area contributed by atoms with Crippen LogP contribution in [0.25, 0.3) is 0 Å². The number of aliphatic hydroxyl groups excluding tert-OH is 1. The van der Waals surface area contributed by atoms with Crippen LogP contribution in [0.4, 0.5) is 0 Å². The highest BCUT2D eigenvalue weighted by atomic mass is 35.5. The fraction of sp³-hybridized carbons (Fsp3) is 0.533. The lowest BCUT2D eigenvalue weighted by Crippen LogP contribution is -2.42. The van der Waals surface area contributed by atoms with E-state index >= 15 is 0 Å². The highest BCUT2D eigenvalue weighted by Crippen LogP contribution is 2.17. The second kappa shape index (κ2) is 10.4. The molecular weight excluding hydrogens is 326 g/mol. The molecule has 0 aliphatic heterocycles. The van der Waals surface area contributed by atoms with Crippen LogP contribution >= 0.6 is 36.0 Å². The van der Waals surface area contributed by atoms with Gasteiger partial charge in [-0.3, -0.25) is 4.79 Å². The van der Waals surface area contributed by atoms with Crippen molar-refractivity contribution in [2.45, 2.75) is 25.4 Å². The van der Waals surface area contributed by atoms with Crippen LogP contribution in [0.2, 0.25) is 5.02 Å². The van der Waals surface area contributed by atoms with Gasteiger partial charge in [0.2, 0.25) is 5.91 Å². The van der Waals surface area contributed by atoms with Crippen LogP contribution in [0, 0.1) is 0 Å². The number of carbonyl (C=O) groups excluding carboxylic acids is 1. The Bertz CT molecular complexity index is 445. The SMILES string of the molecule is CSCC[C@@H](CO)N(Cc1cccc(Cl)c1)C(=O)CCS. The molecule has 0 spiro atoms. The highest BCUT2D eigenvalue weighted by Gasteiger charge is 2.22. The summed E-state index contributed by atoms with van der Waals surface area (Å²) in [5, 5.41) is 10.3. The van der Waals surface area contributed by atoms with Crippen LogP contribution in [-0.4, -0.2) is 46.3 Å². The first kappa shape index (κ1) is 18.7. The normalized spacial score (nSPS) is 12.2. The first-order valence-electron chi connectivity index (χ1n) is 6.87. The van der Waals surface area contributed by atoms with Gasteiger partial charge < -0.3 is 10.0 Å². The summed E-state index contributed by atoms with van der Waals surface area (Å²) >= 11 is 11.8. The van der Waals surface area contributed by atoms with Crippen molar-refractivity contribution >= 4 is 41.9 Å². The topological polar surface area (TPSA) is 40.5 Å². The Balaban J connectivity index is 2.87. The molecule has 0 unspecified atom stereocenters. The average molecular weight is 348 g/mol. The molecule has 6 heteroatoms. The van der Waals surface area contributed by atoms with Gasteiger partial charge in [-0.1, -0.05) is 23.7 Å². The minimum atomic E-state index is -0.163. The van der Waals surface area contributed by atoms with Gasteiger partial charge in [0, 0.05) is 18.0 Å². The standard InChI is InChI=1S/C15H22ClNO2S2/c1-21-8-6-14(11-18)17(15(19)5-7-20)10-12-3-2-4-13(16)9-12/h2-4,9,14,18,20H,5-8,10-11H2,1H3/t14-/m0/s1. The molecule has 0 bridgehead atoms. The van der Waals surface area contributed by atoms with E-state index in [1.807, 2.05) is 30.5 Å². The van der Waals surface area contributed by atoms with Crippen LogP contribution < -0.4 is 0 Å². The molecule has 1 aromatic rings. The molecule has 1 N–H and O–H groups in total. The number of carbonyl (C=O) groups is 1. The lowest BCUT2D eigenvalue weighted by molar-refractivity contribution is -0.134. The predicted molar refractivity (Wildman–Crippen MR) is 94.3 cm³/mol. The molecule has 0 aliphatic rings. The average Bonchev–Trinajstić information content (AvgIpc) is 2.47. The summed E-state index contributed by atoms with van der Waals surface area (Å²) in [5.74, 6) is 1.43. The summed E-state index contributed by atoms with van der Waals surface area (Å²) in [6.07, 6.45) is 3.17. The van der Waals surface area contributed by atoms with Gasteiger partial charge in [-0.25, -0.2) is 0 Å². The maximum atomic E-state index is 12.3. The number of thioether (sulfide) groups is 1. The molecule has 1 aromatic carbocycles. The minimum Gasteiger partial charge on any atom is -0.394 e. The zero-order valence-corrected chi connectivity index (χ0v) is 14.6. The molecule has 21 heavy (non-hydrogen) atoms. The Morgan fingerprint density at radius 3 is 2.86 bits per heavy atom. The number of nitrogens with zero attached hydrogens (tertiary/aromatic N) is 1. The Hall–Kier alpha value is -0.360. The Kier molecular flexibility index (Phi) is 9.24. The van der Waals surface area contributed by atoms with Crippen molar-refractivity contribution < 1.29 is 9.90 Å². The summed E-state index contributed by atoms with van der Waals surface area (Å²) in [6, 6.07) is 7.31. The van der Waals surface area contributed by atoms with E-state index in [0.717, 1.165) is 17.7 Å². The summed E-state index contributed by atoms with van der Waals surface area (Å²) < 4.78 is 0. The molecule has 0 heterocycles. The van der Waals surface area contributed by atoms with Crippen molar-refractivity contribution in [1.29, 1.82) is 0 Å². The fourth-order valence-electron chi connectivity index (χ4n) is 2.09. The summed E-state index contributed by atoms with van der Waals surface area (Å²) in [7, 11) is 0. The number of hydrogen-bond donors (Lipinski definition) is 2. The Morgan fingerprint density at radius 2 is 2.29 bits per heavy atom. The molecule has 1 atom stereocenters. The monoisotopic (exact) mass is 347 g/mol. The van der Waals surface area contributed by atoms with Crippen molar-refractivity contribution in [3.05, 3.63) is 34.9 Å². The van der Waals surface area contributed by atoms with Crippen molar-refractivity contribution in [1.82, 2.24) is 4.90 Å². The van der Waals surface area contributed by atoms with Gasteiger partial charge in [-0.2, -0.15) is 24.4 Å². The van der Waals surface area contributed by atoms with Crippen LogP contribution in [0.15, 0.2) is 24.3 Å². The lowest BCUT2D eigenvalue weighted by Gasteiger charge is -2.31. The van der Waals surface area contributed by atoms with E-state index in [4.69, 9.17) is 11.6 Å². The number of aliphatic hydroxyl groups is 1. The van der Waals surface area contributed by atoms with Crippen LogP contribution in [0.1, 0.15) is 18.4 Å². The number of halogens is 1. The molecule has 1 rings (SSSR count).